The van der Waals surface area contributed by atoms with E-state index in [0.29, 0.717) is 40.0 Å². The van der Waals surface area contributed by atoms with Crippen LogP contribution in [0.25, 0.3) is 11.0 Å². The summed E-state index contributed by atoms with van der Waals surface area (Å²) >= 11 is 1.56. The van der Waals surface area contributed by atoms with Crippen LogP contribution in [-0.4, -0.2) is 37.0 Å². The van der Waals surface area contributed by atoms with Crippen LogP contribution in [-0.2, 0) is 16.1 Å². The minimum Gasteiger partial charge on any atom is -0.496 e. The first-order valence-corrected chi connectivity index (χ1v) is 11.4. The highest BCUT2D eigenvalue weighted by molar-refractivity contribution is 7.98. The first kappa shape index (κ1) is 23.4. The molecule has 168 valence electrons. The van der Waals surface area contributed by atoms with Crippen LogP contribution in [0.1, 0.15) is 27.9 Å². The second-order valence-corrected chi connectivity index (χ2v) is 8.19. The molecule has 0 spiro atoms. The van der Waals surface area contributed by atoms with Crippen molar-refractivity contribution in [2.24, 2.45) is 0 Å². The summed E-state index contributed by atoms with van der Waals surface area (Å²) in [4.78, 5) is 37.5. The van der Waals surface area contributed by atoms with Gasteiger partial charge in [0.15, 0.2) is 0 Å². The molecule has 3 rings (SSSR count). The van der Waals surface area contributed by atoms with Crippen molar-refractivity contribution < 1.29 is 23.5 Å². The number of benzene rings is 2. The van der Waals surface area contributed by atoms with E-state index in [1.165, 1.54) is 13.2 Å². The van der Waals surface area contributed by atoms with Gasteiger partial charge in [-0.1, -0.05) is 24.3 Å². The molecule has 0 saturated carbocycles. The predicted octanol–water partition coefficient (Wildman–Crippen LogP) is 3.70. The molecule has 0 saturated heterocycles. The molecule has 8 heteroatoms. The van der Waals surface area contributed by atoms with Gasteiger partial charge in [-0.2, -0.15) is 11.8 Å². The van der Waals surface area contributed by atoms with Crippen LogP contribution < -0.4 is 15.7 Å². The number of para-hydroxylation sites is 1. The number of hydrogen-bond acceptors (Lipinski definition) is 7. The summed E-state index contributed by atoms with van der Waals surface area (Å²) in [7, 11) is 1.48. The lowest BCUT2D eigenvalue weighted by Gasteiger charge is -2.18. The third-order valence-corrected chi connectivity index (χ3v) is 5.55. The molecule has 0 radical (unpaired) electrons. The third-order valence-electron chi connectivity index (χ3n) is 4.91. The molecule has 2 aromatic carbocycles. The number of fused-ring (bicyclic) bond motifs is 1. The van der Waals surface area contributed by atoms with Crippen LogP contribution in [0.4, 0.5) is 0 Å². The Morgan fingerprint density at radius 2 is 1.94 bits per heavy atom. The highest BCUT2D eigenvalue weighted by Gasteiger charge is 2.24. The number of aryl methyl sites for hydroxylation is 1. The fourth-order valence-electron chi connectivity index (χ4n) is 3.26. The molecule has 1 amide bonds. The number of methoxy groups -OCH3 is 1. The van der Waals surface area contributed by atoms with E-state index in [4.69, 9.17) is 13.9 Å². The van der Waals surface area contributed by atoms with E-state index >= 15 is 0 Å². The molecule has 0 unspecified atom stereocenters. The van der Waals surface area contributed by atoms with Gasteiger partial charge in [0.05, 0.1) is 12.7 Å². The second-order valence-electron chi connectivity index (χ2n) is 7.21. The molecule has 3 aromatic rings. The average Bonchev–Trinajstić information content (AvgIpc) is 2.79. The summed E-state index contributed by atoms with van der Waals surface area (Å²) in [6.07, 6.45) is 2.32. The maximum atomic E-state index is 12.8. The van der Waals surface area contributed by atoms with E-state index in [1.54, 1.807) is 42.1 Å². The summed E-state index contributed by atoms with van der Waals surface area (Å²) in [6, 6.07) is 12.7. The van der Waals surface area contributed by atoms with Crippen LogP contribution in [0.3, 0.4) is 0 Å². The van der Waals surface area contributed by atoms with E-state index < -0.39 is 23.5 Å². The number of nitrogens with one attached hydrogen (secondary N) is 1. The molecule has 32 heavy (non-hydrogen) atoms. The Labute approximate surface area is 190 Å². The Morgan fingerprint density at radius 1 is 1.16 bits per heavy atom. The van der Waals surface area contributed by atoms with Gasteiger partial charge >= 0.3 is 11.6 Å². The maximum absolute atomic E-state index is 12.8. The number of carbonyl (C=O) groups excluding carboxylic acids is 2. The molecule has 0 aliphatic heterocycles. The van der Waals surface area contributed by atoms with Gasteiger partial charge in [0.1, 0.15) is 24.0 Å². The molecule has 0 aliphatic rings. The molecule has 1 heterocycles. The Bertz CT molecular complexity index is 1170. The first-order chi connectivity index (χ1) is 15.4. The minimum atomic E-state index is -0.839. The highest BCUT2D eigenvalue weighted by atomic mass is 32.2. The standard InChI is InChI=1S/C24H25NO6S/c1-15-8-9-17-16(13-22(26)31-21(17)12-15)14-30-24(28)19(10-11-32-3)25-23(27)18-6-4-5-7-20(18)29-2/h4-9,12-13,19H,10-11,14H2,1-3H3,(H,25,27)/t19-/m1/s1. The zero-order chi connectivity index (χ0) is 23.1. The van der Waals surface area contributed by atoms with Crippen LogP contribution in [0, 0.1) is 6.92 Å². The SMILES string of the molecule is COc1ccccc1C(=O)N[C@H](CCSC)C(=O)OCc1cc(=O)oc2cc(C)ccc12. The van der Waals surface area contributed by atoms with Crippen LogP contribution in [0.15, 0.2) is 57.7 Å². The van der Waals surface area contributed by atoms with Gasteiger partial charge in [0.25, 0.3) is 5.91 Å². The third kappa shape index (κ3) is 5.70. The van der Waals surface area contributed by atoms with Crippen molar-refractivity contribution in [2.75, 3.05) is 19.1 Å². The Morgan fingerprint density at radius 3 is 2.69 bits per heavy atom. The topological polar surface area (TPSA) is 94.8 Å². The Balaban J connectivity index is 1.76. The molecule has 0 bridgehead atoms. The lowest BCUT2D eigenvalue weighted by molar-refractivity contribution is -0.147. The molecule has 7 nitrogen and oxygen atoms in total. The number of rotatable bonds is 9. The lowest BCUT2D eigenvalue weighted by atomic mass is 10.1. The minimum absolute atomic E-state index is 0.107. The lowest BCUT2D eigenvalue weighted by Crippen LogP contribution is -2.42. The number of esters is 1. The maximum Gasteiger partial charge on any atom is 0.336 e. The smallest absolute Gasteiger partial charge is 0.336 e. The van der Waals surface area contributed by atoms with Crippen LogP contribution >= 0.6 is 11.8 Å². The number of ether oxygens (including phenoxy) is 2. The summed E-state index contributed by atoms with van der Waals surface area (Å²) in [5, 5.41) is 3.44. The number of carbonyl (C=O) groups is 2. The number of thioether (sulfide) groups is 1. The zero-order valence-corrected chi connectivity index (χ0v) is 19.0. The highest BCUT2D eigenvalue weighted by Crippen LogP contribution is 2.20. The van der Waals surface area contributed by atoms with E-state index in [0.717, 1.165) is 5.56 Å². The monoisotopic (exact) mass is 455 g/mol. The normalized spacial score (nSPS) is 11.7. The second kappa shape index (κ2) is 10.9. The van der Waals surface area contributed by atoms with Crippen molar-refractivity contribution >= 4 is 34.6 Å². The fraction of sp³-hybridized carbons (Fsp3) is 0.292. The summed E-state index contributed by atoms with van der Waals surface area (Å²) in [5.74, 6) is 0.0747. The molecule has 0 fully saturated rings. The van der Waals surface area contributed by atoms with E-state index in [2.05, 4.69) is 5.32 Å². The van der Waals surface area contributed by atoms with Crippen molar-refractivity contribution in [3.63, 3.8) is 0 Å². The van der Waals surface area contributed by atoms with Crippen molar-refractivity contribution in [3.8, 4) is 5.75 Å². The molecular formula is C24H25NO6S. The Kier molecular flexibility index (Phi) is 7.94. The van der Waals surface area contributed by atoms with Crippen LogP contribution in [0.2, 0.25) is 0 Å². The zero-order valence-electron chi connectivity index (χ0n) is 18.2. The van der Waals surface area contributed by atoms with E-state index in [1.807, 2.05) is 25.3 Å². The number of hydrogen-bond donors (Lipinski definition) is 1. The van der Waals surface area contributed by atoms with Crippen LogP contribution in [0.5, 0.6) is 5.75 Å². The van der Waals surface area contributed by atoms with Crippen molar-refractivity contribution in [1.29, 1.82) is 0 Å². The van der Waals surface area contributed by atoms with Crippen molar-refractivity contribution in [1.82, 2.24) is 5.32 Å². The summed E-state index contributed by atoms with van der Waals surface area (Å²) in [5.41, 5.74) is 1.75. The molecule has 1 aromatic heterocycles. The van der Waals surface area contributed by atoms with E-state index in [-0.39, 0.29) is 6.61 Å². The predicted molar refractivity (Wildman–Crippen MR) is 124 cm³/mol. The van der Waals surface area contributed by atoms with Gasteiger partial charge in [0.2, 0.25) is 0 Å². The van der Waals surface area contributed by atoms with Gasteiger partial charge in [-0.15, -0.1) is 0 Å². The molecule has 1 N–H and O–H groups in total. The van der Waals surface area contributed by atoms with E-state index in [9.17, 15) is 14.4 Å². The molecule has 1 atom stereocenters. The van der Waals surface area contributed by atoms with Crippen molar-refractivity contribution in [3.05, 3.63) is 75.6 Å². The van der Waals surface area contributed by atoms with Gasteiger partial charge in [-0.25, -0.2) is 9.59 Å². The van der Waals surface area contributed by atoms with Gasteiger partial charge < -0.3 is 19.2 Å². The average molecular weight is 456 g/mol. The van der Waals surface area contributed by atoms with Crippen molar-refractivity contribution in [2.45, 2.75) is 26.0 Å². The summed E-state index contributed by atoms with van der Waals surface area (Å²) < 4.78 is 16.0. The largest absolute Gasteiger partial charge is 0.496 e. The number of amides is 1. The van der Waals surface area contributed by atoms with Gasteiger partial charge in [-0.3, -0.25) is 4.79 Å². The summed E-state index contributed by atoms with van der Waals surface area (Å²) in [6.45, 7) is 1.79. The quantitative estimate of drug-likeness (QED) is 0.388. The first-order valence-electron chi connectivity index (χ1n) is 10.1. The molecular weight excluding hydrogens is 430 g/mol. The fourth-order valence-corrected chi connectivity index (χ4v) is 3.73. The van der Waals surface area contributed by atoms with Gasteiger partial charge in [-0.05, 0) is 49.1 Å². The Hall–Kier alpha value is -3.26. The van der Waals surface area contributed by atoms with Gasteiger partial charge in [0, 0.05) is 17.0 Å². The molecule has 0 aliphatic carbocycles.